The molecule has 0 aliphatic carbocycles. The van der Waals surface area contributed by atoms with Crippen molar-refractivity contribution in [1.29, 1.82) is 0 Å². The molecule has 0 aliphatic rings. The van der Waals surface area contributed by atoms with Crippen LogP contribution in [0.5, 0.6) is 0 Å². The van der Waals surface area contributed by atoms with Gasteiger partial charge in [-0.25, -0.2) is 4.98 Å². The summed E-state index contributed by atoms with van der Waals surface area (Å²) in [6.07, 6.45) is 1.95. The van der Waals surface area contributed by atoms with E-state index in [4.69, 9.17) is 0 Å². The third-order valence-corrected chi connectivity index (χ3v) is 4.90. The summed E-state index contributed by atoms with van der Waals surface area (Å²) >= 11 is 1.74. The monoisotopic (exact) mass is 316 g/mol. The summed E-state index contributed by atoms with van der Waals surface area (Å²) in [4.78, 5) is 19.8. The molecule has 1 aromatic carbocycles. The molecule has 2 rings (SSSR count). The summed E-state index contributed by atoms with van der Waals surface area (Å²) in [5, 5.41) is 1.10. The molecule has 0 saturated heterocycles. The summed E-state index contributed by atoms with van der Waals surface area (Å²) in [6.45, 7) is 11.6. The van der Waals surface area contributed by atoms with Crippen molar-refractivity contribution < 1.29 is 4.79 Å². The molecule has 0 bridgehead atoms. The van der Waals surface area contributed by atoms with Gasteiger partial charge in [0.25, 0.3) is 0 Å². The van der Waals surface area contributed by atoms with Crippen LogP contribution in [0, 0.1) is 27.7 Å². The number of hydrogen-bond donors (Lipinski definition) is 0. The maximum atomic E-state index is 11.9. The van der Waals surface area contributed by atoms with Crippen LogP contribution in [0.2, 0.25) is 0 Å². The number of benzene rings is 1. The smallest absolute Gasteiger partial charge is 0.160 e. The fraction of sp³-hybridized carbons (Fsp3) is 0.444. The van der Waals surface area contributed by atoms with Crippen LogP contribution in [0.3, 0.4) is 0 Å². The average Bonchev–Trinajstić information content (AvgIpc) is 2.79. The number of aryl methyl sites for hydroxylation is 3. The van der Waals surface area contributed by atoms with Crippen molar-refractivity contribution in [2.24, 2.45) is 0 Å². The van der Waals surface area contributed by atoms with Crippen LogP contribution in [-0.4, -0.2) is 22.7 Å². The van der Waals surface area contributed by atoms with Gasteiger partial charge in [-0.05, 0) is 63.9 Å². The van der Waals surface area contributed by atoms with Gasteiger partial charge in [-0.3, -0.25) is 9.69 Å². The van der Waals surface area contributed by atoms with Gasteiger partial charge in [-0.1, -0.05) is 6.07 Å². The molecule has 2 aromatic rings. The number of carbonyl (C=O) groups is 1. The standard InChI is InChI=1S/C18H24N2OS/c1-11-7-12(2)18(14(4)21)13(3)17(11)10-20(6)9-16-8-19-15(5)22-16/h7-8H,9-10H2,1-6H3. The van der Waals surface area contributed by atoms with Gasteiger partial charge < -0.3 is 0 Å². The first-order chi connectivity index (χ1) is 10.3. The summed E-state index contributed by atoms with van der Waals surface area (Å²) in [6, 6.07) is 2.13. The number of nitrogens with zero attached hydrogens (tertiary/aromatic N) is 2. The largest absolute Gasteiger partial charge is 0.297 e. The van der Waals surface area contributed by atoms with E-state index in [9.17, 15) is 4.79 Å². The van der Waals surface area contributed by atoms with Gasteiger partial charge in [-0.15, -0.1) is 11.3 Å². The minimum absolute atomic E-state index is 0.150. The van der Waals surface area contributed by atoms with Crippen molar-refractivity contribution in [1.82, 2.24) is 9.88 Å². The topological polar surface area (TPSA) is 33.2 Å². The Morgan fingerprint density at radius 1 is 1.18 bits per heavy atom. The van der Waals surface area contributed by atoms with Crippen molar-refractivity contribution in [3.8, 4) is 0 Å². The van der Waals surface area contributed by atoms with Gasteiger partial charge in [0.1, 0.15) is 0 Å². The molecule has 0 saturated carbocycles. The second kappa shape index (κ2) is 6.71. The molecular weight excluding hydrogens is 292 g/mol. The molecule has 22 heavy (non-hydrogen) atoms. The highest BCUT2D eigenvalue weighted by molar-refractivity contribution is 7.11. The van der Waals surface area contributed by atoms with Crippen molar-refractivity contribution >= 4 is 17.1 Å². The second-order valence-corrected chi connectivity index (χ2v) is 7.38. The third kappa shape index (κ3) is 3.62. The van der Waals surface area contributed by atoms with E-state index >= 15 is 0 Å². The summed E-state index contributed by atoms with van der Waals surface area (Å²) in [7, 11) is 2.11. The second-order valence-electron chi connectivity index (χ2n) is 6.06. The van der Waals surface area contributed by atoms with E-state index < -0.39 is 0 Å². The Balaban J connectivity index is 2.25. The fourth-order valence-corrected chi connectivity index (χ4v) is 3.96. The highest BCUT2D eigenvalue weighted by Crippen LogP contribution is 2.25. The van der Waals surface area contributed by atoms with Gasteiger partial charge in [0.15, 0.2) is 5.78 Å². The predicted octanol–water partition coefficient (Wildman–Crippen LogP) is 4.21. The van der Waals surface area contributed by atoms with E-state index in [1.54, 1.807) is 18.3 Å². The fourth-order valence-electron chi connectivity index (χ4n) is 3.08. The van der Waals surface area contributed by atoms with Gasteiger partial charge in [0, 0.05) is 29.7 Å². The van der Waals surface area contributed by atoms with E-state index in [0.29, 0.717) is 0 Å². The first kappa shape index (κ1) is 16.8. The maximum absolute atomic E-state index is 11.9. The Hall–Kier alpha value is -1.52. The lowest BCUT2D eigenvalue weighted by Crippen LogP contribution is -2.19. The van der Waals surface area contributed by atoms with Gasteiger partial charge >= 0.3 is 0 Å². The number of hydrogen-bond acceptors (Lipinski definition) is 4. The van der Waals surface area contributed by atoms with Crippen LogP contribution in [0.15, 0.2) is 12.3 Å². The summed E-state index contributed by atoms with van der Waals surface area (Å²) in [5.41, 5.74) is 5.60. The van der Waals surface area contributed by atoms with Crippen LogP contribution in [0.1, 0.15) is 49.4 Å². The number of aromatic nitrogens is 1. The molecule has 1 aromatic heterocycles. The Bertz CT molecular complexity index is 703. The Morgan fingerprint density at radius 3 is 2.41 bits per heavy atom. The predicted molar refractivity (Wildman–Crippen MR) is 92.7 cm³/mol. The first-order valence-electron chi connectivity index (χ1n) is 7.50. The minimum atomic E-state index is 0.150. The van der Waals surface area contributed by atoms with E-state index in [0.717, 1.165) is 34.8 Å². The molecule has 0 aliphatic heterocycles. The van der Waals surface area contributed by atoms with Crippen LogP contribution in [0.4, 0.5) is 0 Å². The molecule has 118 valence electrons. The number of ketones is 1. The quantitative estimate of drug-likeness (QED) is 0.775. The number of thiazole rings is 1. The van der Waals surface area contributed by atoms with Crippen LogP contribution in [-0.2, 0) is 13.1 Å². The molecule has 1 heterocycles. The van der Waals surface area contributed by atoms with Crippen molar-refractivity contribution in [3.05, 3.63) is 50.0 Å². The molecule has 3 nitrogen and oxygen atoms in total. The van der Waals surface area contributed by atoms with Crippen LogP contribution in [0.25, 0.3) is 0 Å². The Labute approximate surface area is 137 Å². The van der Waals surface area contributed by atoms with E-state index in [2.05, 4.69) is 36.8 Å². The number of Topliss-reactive ketones (excluding diaryl/α,β-unsaturated/α-hetero) is 1. The van der Waals surface area contributed by atoms with Gasteiger partial charge in [0.2, 0.25) is 0 Å². The summed E-state index contributed by atoms with van der Waals surface area (Å²) < 4.78 is 0. The SMILES string of the molecule is CC(=O)c1c(C)cc(C)c(CN(C)Cc2cnc(C)s2)c1C. The highest BCUT2D eigenvalue weighted by atomic mass is 32.1. The Kier molecular flexibility index (Phi) is 5.14. The molecule has 0 unspecified atom stereocenters. The zero-order valence-corrected chi connectivity index (χ0v) is 15.1. The lowest BCUT2D eigenvalue weighted by molar-refractivity contribution is 0.101. The van der Waals surface area contributed by atoms with E-state index in [1.165, 1.54) is 16.0 Å². The molecule has 0 N–H and O–H groups in total. The first-order valence-corrected chi connectivity index (χ1v) is 8.31. The molecule has 0 radical (unpaired) electrons. The molecular formula is C18H24N2OS. The van der Waals surface area contributed by atoms with Crippen molar-refractivity contribution in [3.63, 3.8) is 0 Å². The van der Waals surface area contributed by atoms with Crippen LogP contribution < -0.4 is 0 Å². The normalized spacial score (nSPS) is 11.2. The van der Waals surface area contributed by atoms with E-state index in [-0.39, 0.29) is 5.78 Å². The van der Waals surface area contributed by atoms with Crippen molar-refractivity contribution in [2.75, 3.05) is 7.05 Å². The molecule has 0 amide bonds. The minimum Gasteiger partial charge on any atom is -0.297 e. The highest BCUT2D eigenvalue weighted by Gasteiger charge is 2.15. The Morgan fingerprint density at radius 2 is 1.86 bits per heavy atom. The van der Waals surface area contributed by atoms with Gasteiger partial charge in [0.05, 0.1) is 5.01 Å². The lowest BCUT2D eigenvalue weighted by Gasteiger charge is -2.21. The molecule has 0 fully saturated rings. The molecule has 0 atom stereocenters. The van der Waals surface area contributed by atoms with E-state index in [1.807, 2.05) is 20.0 Å². The maximum Gasteiger partial charge on any atom is 0.160 e. The molecule has 0 spiro atoms. The molecule has 4 heteroatoms. The third-order valence-electron chi connectivity index (χ3n) is 4.01. The average molecular weight is 316 g/mol. The van der Waals surface area contributed by atoms with Crippen LogP contribution >= 0.6 is 11.3 Å². The zero-order valence-electron chi connectivity index (χ0n) is 14.3. The van der Waals surface area contributed by atoms with Gasteiger partial charge in [-0.2, -0.15) is 0 Å². The summed E-state index contributed by atoms with van der Waals surface area (Å²) in [5.74, 6) is 0.150. The zero-order chi connectivity index (χ0) is 16.4. The number of rotatable bonds is 5. The lowest BCUT2D eigenvalue weighted by atomic mass is 9.91. The number of carbonyl (C=O) groups excluding carboxylic acids is 1. The van der Waals surface area contributed by atoms with Crippen molar-refractivity contribution in [2.45, 2.75) is 47.7 Å².